The summed E-state index contributed by atoms with van der Waals surface area (Å²) in [7, 11) is 0. The SMILES string of the molecule is N#CCC(=O)[C@H]1CCCN(c2ccc(I)cc2)C1=O. The predicted octanol–water partition coefficient (Wildman–Crippen LogP) is 2.52. The minimum absolute atomic E-state index is 0.173. The summed E-state index contributed by atoms with van der Waals surface area (Å²) in [4.78, 5) is 25.7. The zero-order valence-electron chi connectivity index (χ0n) is 10.3. The smallest absolute Gasteiger partial charge is 0.237 e. The molecule has 0 bridgehead atoms. The highest BCUT2D eigenvalue weighted by Crippen LogP contribution is 2.26. The van der Waals surface area contributed by atoms with E-state index >= 15 is 0 Å². The number of piperidine rings is 1. The van der Waals surface area contributed by atoms with E-state index in [0.29, 0.717) is 13.0 Å². The van der Waals surface area contributed by atoms with E-state index < -0.39 is 5.92 Å². The van der Waals surface area contributed by atoms with Crippen LogP contribution in [0.25, 0.3) is 0 Å². The van der Waals surface area contributed by atoms with Crippen molar-refractivity contribution in [1.82, 2.24) is 0 Å². The van der Waals surface area contributed by atoms with E-state index in [4.69, 9.17) is 5.26 Å². The van der Waals surface area contributed by atoms with Crippen LogP contribution < -0.4 is 4.90 Å². The van der Waals surface area contributed by atoms with E-state index in [1.165, 1.54) is 0 Å². The van der Waals surface area contributed by atoms with Crippen LogP contribution in [0.4, 0.5) is 5.69 Å². The second-order valence-corrected chi connectivity index (χ2v) is 5.71. The van der Waals surface area contributed by atoms with Gasteiger partial charge in [0.25, 0.3) is 0 Å². The fraction of sp³-hybridized carbons (Fsp3) is 0.357. The van der Waals surface area contributed by atoms with E-state index in [2.05, 4.69) is 22.6 Å². The molecular weight excluding hydrogens is 355 g/mol. The third kappa shape index (κ3) is 3.13. The first kappa shape index (κ1) is 14.0. The molecule has 19 heavy (non-hydrogen) atoms. The lowest BCUT2D eigenvalue weighted by Crippen LogP contribution is -2.44. The highest BCUT2D eigenvalue weighted by atomic mass is 127. The van der Waals surface area contributed by atoms with Crippen molar-refractivity contribution < 1.29 is 9.59 Å². The molecule has 1 aromatic rings. The van der Waals surface area contributed by atoms with Gasteiger partial charge in [0.15, 0.2) is 5.78 Å². The summed E-state index contributed by atoms with van der Waals surface area (Å²) in [6, 6.07) is 9.47. The number of rotatable bonds is 3. The Morgan fingerprint density at radius 3 is 2.74 bits per heavy atom. The van der Waals surface area contributed by atoms with Gasteiger partial charge in [0.2, 0.25) is 5.91 Å². The van der Waals surface area contributed by atoms with Crippen molar-refractivity contribution in [2.45, 2.75) is 19.3 Å². The molecule has 0 N–H and O–H groups in total. The topological polar surface area (TPSA) is 61.2 Å². The lowest BCUT2D eigenvalue weighted by molar-refractivity contribution is -0.133. The van der Waals surface area contributed by atoms with Crippen molar-refractivity contribution in [3.05, 3.63) is 27.8 Å². The summed E-state index contributed by atoms with van der Waals surface area (Å²) in [5.74, 6) is -1.08. The molecule has 1 amide bonds. The number of halogens is 1. The second-order valence-electron chi connectivity index (χ2n) is 4.46. The van der Waals surface area contributed by atoms with Crippen molar-refractivity contribution in [3.63, 3.8) is 0 Å². The molecule has 0 saturated carbocycles. The normalized spacial score (nSPS) is 19.1. The number of anilines is 1. The highest BCUT2D eigenvalue weighted by Gasteiger charge is 2.34. The Labute approximate surface area is 125 Å². The van der Waals surface area contributed by atoms with Gasteiger partial charge in [0.1, 0.15) is 0 Å². The van der Waals surface area contributed by atoms with Gasteiger partial charge < -0.3 is 4.90 Å². The van der Waals surface area contributed by atoms with Crippen LogP contribution in [0, 0.1) is 20.8 Å². The summed E-state index contributed by atoms with van der Waals surface area (Å²) in [5.41, 5.74) is 0.819. The average molecular weight is 368 g/mol. The minimum atomic E-state index is -0.646. The van der Waals surface area contributed by atoms with E-state index in [0.717, 1.165) is 15.7 Å². The summed E-state index contributed by atoms with van der Waals surface area (Å²) in [5, 5.41) is 8.57. The van der Waals surface area contributed by atoms with Crippen LogP contribution in [-0.2, 0) is 9.59 Å². The van der Waals surface area contributed by atoms with Crippen LogP contribution >= 0.6 is 22.6 Å². The monoisotopic (exact) mass is 368 g/mol. The van der Waals surface area contributed by atoms with Crippen molar-refractivity contribution in [2.24, 2.45) is 5.92 Å². The second kappa shape index (κ2) is 6.15. The Balaban J connectivity index is 2.19. The van der Waals surface area contributed by atoms with E-state index in [-0.39, 0.29) is 18.1 Å². The third-order valence-electron chi connectivity index (χ3n) is 3.22. The lowest BCUT2D eigenvalue weighted by atomic mass is 9.91. The first-order valence-corrected chi connectivity index (χ1v) is 7.18. The standard InChI is InChI=1S/C14H13IN2O2/c15-10-3-5-11(6-4-10)17-9-1-2-12(14(17)19)13(18)7-8-16/h3-6,12H,1-2,7,9H2/t12-/m1/s1. The van der Waals surface area contributed by atoms with Gasteiger partial charge in [-0.3, -0.25) is 9.59 Å². The van der Waals surface area contributed by atoms with E-state index in [1.54, 1.807) is 4.90 Å². The molecule has 0 aromatic heterocycles. The van der Waals surface area contributed by atoms with Crippen LogP contribution in [0.5, 0.6) is 0 Å². The molecule has 0 spiro atoms. The molecule has 0 aliphatic carbocycles. The number of hydrogen-bond acceptors (Lipinski definition) is 3. The zero-order chi connectivity index (χ0) is 13.8. The van der Waals surface area contributed by atoms with Crippen LogP contribution in [0.1, 0.15) is 19.3 Å². The summed E-state index contributed by atoms with van der Waals surface area (Å²) >= 11 is 2.20. The molecule has 1 aliphatic heterocycles. The Morgan fingerprint density at radius 2 is 2.11 bits per heavy atom. The van der Waals surface area contributed by atoms with Gasteiger partial charge in [-0.2, -0.15) is 5.26 Å². The molecular formula is C14H13IN2O2. The van der Waals surface area contributed by atoms with E-state index in [9.17, 15) is 9.59 Å². The van der Waals surface area contributed by atoms with Crippen LogP contribution in [0.15, 0.2) is 24.3 Å². The number of ketones is 1. The maximum absolute atomic E-state index is 12.3. The molecule has 5 heteroatoms. The molecule has 2 rings (SSSR count). The van der Waals surface area contributed by atoms with Crippen molar-refractivity contribution >= 4 is 40.0 Å². The van der Waals surface area contributed by atoms with Crippen molar-refractivity contribution in [2.75, 3.05) is 11.4 Å². The Kier molecular flexibility index (Phi) is 4.53. The maximum Gasteiger partial charge on any atom is 0.237 e. The molecule has 4 nitrogen and oxygen atoms in total. The summed E-state index contributed by atoms with van der Waals surface area (Å²) < 4.78 is 1.10. The number of nitriles is 1. The van der Waals surface area contributed by atoms with Crippen molar-refractivity contribution in [3.8, 4) is 6.07 Å². The zero-order valence-corrected chi connectivity index (χ0v) is 12.5. The van der Waals surface area contributed by atoms with Gasteiger partial charge in [-0.1, -0.05) is 0 Å². The first-order chi connectivity index (χ1) is 9.13. The van der Waals surface area contributed by atoms with Gasteiger partial charge in [-0.25, -0.2) is 0 Å². The van der Waals surface area contributed by atoms with Gasteiger partial charge >= 0.3 is 0 Å². The quantitative estimate of drug-likeness (QED) is 0.609. The van der Waals surface area contributed by atoms with Crippen LogP contribution in [0.2, 0.25) is 0 Å². The van der Waals surface area contributed by atoms with Crippen LogP contribution in [0.3, 0.4) is 0 Å². The third-order valence-corrected chi connectivity index (χ3v) is 3.94. The number of Topliss-reactive ketones (excluding diaryl/α,β-unsaturated/α-hetero) is 1. The minimum Gasteiger partial charge on any atom is -0.312 e. The van der Waals surface area contributed by atoms with Crippen molar-refractivity contribution in [1.29, 1.82) is 5.26 Å². The fourth-order valence-corrected chi connectivity index (χ4v) is 2.61. The molecule has 1 aromatic carbocycles. The Morgan fingerprint density at radius 1 is 1.42 bits per heavy atom. The number of carbonyl (C=O) groups is 2. The molecule has 0 unspecified atom stereocenters. The summed E-state index contributed by atoms with van der Waals surface area (Å²) in [6.45, 7) is 0.635. The maximum atomic E-state index is 12.3. The summed E-state index contributed by atoms with van der Waals surface area (Å²) in [6.07, 6.45) is 1.16. The molecule has 1 saturated heterocycles. The average Bonchev–Trinajstić information content (AvgIpc) is 2.40. The molecule has 1 atom stereocenters. The van der Waals surface area contributed by atoms with Gasteiger partial charge in [-0.05, 0) is 59.7 Å². The Hall–Kier alpha value is -1.42. The number of amides is 1. The first-order valence-electron chi connectivity index (χ1n) is 6.10. The largest absolute Gasteiger partial charge is 0.312 e. The van der Waals surface area contributed by atoms with Gasteiger partial charge in [-0.15, -0.1) is 0 Å². The number of hydrogen-bond donors (Lipinski definition) is 0. The molecule has 98 valence electrons. The lowest BCUT2D eigenvalue weighted by Gasteiger charge is -2.31. The molecule has 1 fully saturated rings. The van der Waals surface area contributed by atoms with Gasteiger partial charge in [0.05, 0.1) is 18.4 Å². The predicted molar refractivity (Wildman–Crippen MR) is 79.5 cm³/mol. The Bertz CT molecular complexity index is 533. The molecule has 0 radical (unpaired) electrons. The molecule has 1 aliphatic rings. The number of carbonyl (C=O) groups excluding carboxylic acids is 2. The van der Waals surface area contributed by atoms with Gasteiger partial charge in [0, 0.05) is 15.8 Å². The molecule has 1 heterocycles. The number of benzene rings is 1. The fourth-order valence-electron chi connectivity index (χ4n) is 2.25. The highest BCUT2D eigenvalue weighted by molar-refractivity contribution is 14.1. The van der Waals surface area contributed by atoms with E-state index in [1.807, 2.05) is 30.3 Å². The number of nitrogens with zero attached hydrogens (tertiary/aromatic N) is 2. The van der Waals surface area contributed by atoms with Crippen LogP contribution in [-0.4, -0.2) is 18.2 Å².